The zero-order chi connectivity index (χ0) is 10.9. The summed E-state index contributed by atoms with van der Waals surface area (Å²) in [7, 11) is 0. The molecule has 1 aliphatic heterocycles. The number of amides is 1. The van der Waals surface area contributed by atoms with E-state index in [1.54, 1.807) is 0 Å². The van der Waals surface area contributed by atoms with Gasteiger partial charge >= 0.3 is 0 Å². The van der Waals surface area contributed by atoms with Gasteiger partial charge in [-0.05, 0) is 32.7 Å². The van der Waals surface area contributed by atoms with Crippen molar-refractivity contribution in [3.8, 4) is 0 Å². The van der Waals surface area contributed by atoms with Crippen LogP contribution in [-0.2, 0) is 4.79 Å². The van der Waals surface area contributed by atoms with Crippen molar-refractivity contribution in [2.24, 2.45) is 10.8 Å². The second-order valence-corrected chi connectivity index (χ2v) is 5.33. The minimum absolute atomic E-state index is 0.0120. The highest BCUT2D eigenvalue weighted by Gasteiger charge is 2.44. The topological polar surface area (TPSA) is 61.4 Å². The predicted molar refractivity (Wildman–Crippen MR) is 57.4 cm³/mol. The molecule has 2 aliphatic rings. The average molecular weight is 212 g/mol. The summed E-state index contributed by atoms with van der Waals surface area (Å²) in [6, 6.07) is 0. The first-order chi connectivity index (χ1) is 7.10. The molecule has 4 heteroatoms. The van der Waals surface area contributed by atoms with Gasteiger partial charge in [0.1, 0.15) is 0 Å². The highest BCUT2D eigenvalue weighted by Crippen LogP contribution is 2.44. The van der Waals surface area contributed by atoms with Crippen molar-refractivity contribution in [3.63, 3.8) is 0 Å². The molecule has 1 heterocycles. The van der Waals surface area contributed by atoms with E-state index >= 15 is 0 Å². The number of hydrogen-bond donors (Lipinski definition) is 3. The molecule has 3 N–H and O–H groups in total. The highest BCUT2D eigenvalue weighted by atomic mass is 16.3. The average Bonchev–Trinajstić information content (AvgIpc) is 2.90. The number of aliphatic hydroxyl groups excluding tert-OH is 1. The van der Waals surface area contributed by atoms with Crippen LogP contribution >= 0.6 is 0 Å². The fraction of sp³-hybridized carbons (Fsp3) is 0.909. The molecule has 0 bridgehead atoms. The van der Waals surface area contributed by atoms with Crippen molar-refractivity contribution < 1.29 is 9.90 Å². The largest absolute Gasteiger partial charge is 0.396 e. The Morgan fingerprint density at radius 2 is 2.20 bits per heavy atom. The fourth-order valence-electron chi connectivity index (χ4n) is 2.06. The van der Waals surface area contributed by atoms with Crippen LogP contribution in [0.25, 0.3) is 0 Å². The highest BCUT2D eigenvalue weighted by molar-refractivity contribution is 5.82. The van der Waals surface area contributed by atoms with Crippen LogP contribution in [0.2, 0.25) is 0 Å². The summed E-state index contributed by atoms with van der Waals surface area (Å²) >= 11 is 0. The van der Waals surface area contributed by atoms with Gasteiger partial charge in [-0.3, -0.25) is 4.79 Å². The van der Waals surface area contributed by atoms with Crippen molar-refractivity contribution in [3.05, 3.63) is 0 Å². The second-order valence-electron chi connectivity index (χ2n) is 5.33. The Morgan fingerprint density at radius 1 is 1.47 bits per heavy atom. The van der Waals surface area contributed by atoms with E-state index in [0.29, 0.717) is 6.54 Å². The maximum atomic E-state index is 11.9. The summed E-state index contributed by atoms with van der Waals surface area (Å²) in [5, 5.41) is 15.3. The summed E-state index contributed by atoms with van der Waals surface area (Å²) in [6.45, 7) is 4.53. The van der Waals surface area contributed by atoms with Crippen LogP contribution in [0.4, 0.5) is 0 Å². The first kappa shape index (κ1) is 10.9. The molecular weight excluding hydrogens is 192 g/mol. The number of carbonyl (C=O) groups is 1. The van der Waals surface area contributed by atoms with Crippen molar-refractivity contribution in [1.29, 1.82) is 0 Å². The Morgan fingerprint density at radius 3 is 2.67 bits per heavy atom. The number of hydrogen-bond acceptors (Lipinski definition) is 3. The molecule has 0 aromatic carbocycles. The molecule has 2 fully saturated rings. The fourth-order valence-corrected chi connectivity index (χ4v) is 2.06. The Hall–Kier alpha value is -0.610. The smallest absolute Gasteiger partial charge is 0.227 e. The monoisotopic (exact) mass is 212 g/mol. The van der Waals surface area contributed by atoms with E-state index in [4.69, 9.17) is 5.11 Å². The Bertz CT molecular complexity index is 255. The van der Waals surface area contributed by atoms with Gasteiger partial charge in [0.05, 0.1) is 12.0 Å². The van der Waals surface area contributed by atoms with Crippen molar-refractivity contribution in [2.75, 3.05) is 26.2 Å². The molecular formula is C11H20N2O2. The number of aliphatic hydroxyl groups is 1. The van der Waals surface area contributed by atoms with E-state index < -0.39 is 0 Å². The molecule has 1 saturated carbocycles. The van der Waals surface area contributed by atoms with Crippen LogP contribution in [0.5, 0.6) is 0 Å². The normalized spacial score (nSPS) is 32.7. The van der Waals surface area contributed by atoms with Crippen LogP contribution in [0.3, 0.4) is 0 Å². The van der Waals surface area contributed by atoms with Crippen molar-refractivity contribution in [2.45, 2.75) is 26.2 Å². The first-order valence-corrected chi connectivity index (χ1v) is 5.70. The molecule has 0 aromatic heterocycles. The Kier molecular flexibility index (Phi) is 2.73. The third kappa shape index (κ3) is 2.16. The van der Waals surface area contributed by atoms with Gasteiger partial charge in [0.2, 0.25) is 5.91 Å². The molecule has 0 radical (unpaired) electrons. The lowest BCUT2D eigenvalue weighted by atomic mass is 9.88. The van der Waals surface area contributed by atoms with Crippen molar-refractivity contribution in [1.82, 2.24) is 10.6 Å². The molecule has 0 aromatic rings. The van der Waals surface area contributed by atoms with Crippen LogP contribution in [0.1, 0.15) is 26.2 Å². The van der Waals surface area contributed by atoms with Crippen LogP contribution in [-0.4, -0.2) is 37.3 Å². The molecule has 4 nitrogen and oxygen atoms in total. The maximum Gasteiger partial charge on any atom is 0.227 e. The SMILES string of the molecule is CC1(C(=O)NCC2(CO)CC2)CCNC1. The molecule has 1 saturated heterocycles. The van der Waals surface area contributed by atoms with Gasteiger partial charge < -0.3 is 15.7 Å². The van der Waals surface area contributed by atoms with E-state index in [0.717, 1.165) is 32.4 Å². The molecule has 0 spiro atoms. The van der Waals surface area contributed by atoms with E-state index in [1.807, 2.05) is 6.92 Å². The third-order valence-corrected chi connectivity index (χ3v) is 3.83. The summed E-state index contributed by atoms with van der Waals surface area (Å²) in [4.78, 5) is 11.9. The van der Waals surface area contributed by atoms with E-state index in [1.165, 1.54) is 0 Å². The zero-order valence-corrected chi connectivity index (χ0v) is 9.31. The molecule has 15 heavy (non-hydrogen) atoms. The lowest BCUT2D eigenvalue weighted by Crippen LogP contribution is -2.43. The quantitative estimate of drug-likeness (QED) is 0.608. The van der Waals surface area contributed by atoms with Gasteiger partial charge in [-0.1, -0.05) is 0 Å². The molecule has 1 aliphatic carbocycles. The van der Waals surface area contributed by atoms with E-state index in [-0.39, 0.29) is 23.3 Å². The van der Waals surface area contributed by atoms with Gasteiger partial charge in [0, 0.05) is 18.5 Å². The van der Waals surface area contributed by atoms with Crippen LogP contribution < -0.4 is 10.6 Å². The summed E-state index contributed by atoms with van der Waals surface area (Å²) in [5.41, 5.74) is -0.233. The minimum Gasteiger partial charge on any atom is -0.396 e. The number of carbonyl (C=O) groups excluding carboxylic acids is 1. The number of nitrogens with one attached hydrogen (secondary N) is 2. The van der Waals surface area contributed by atoms with E-state index in [2.05, 4.69) is 10.6 Å². The predicted octanol–water partition coefficient (Wildman–Crippen LogP) is -0.125. The third-order valence-electron chi connectivity index (χ3n) is 3.83. The number of rotatable bonds is 4. The summed E-state index contributed by atoms with van der Waals surface area (Å²) < 4.78 is 0. The van der Waals surface area contributed by atoms with Crippen LogP contribution in [0, 0.1) is 10.8 Å². The molecule has 1 unspecified atom stereocenters. The molecule has 1 amide bonds. The van der Waals surface area contributed by atoms with Crippen LogP contribution in [0.15, 0.2) is 0 Å². The summed E-state index contributed by atoms with van der Waals surface area (Å²) in [5.74, 6) is 0.132. The lowest BCUT2D eigenvalue weighted by molar-refractivity contribution is -0.129. The van der Waals surface area contributed by atoms with Gasteiger partial charge in [-0.2, -0.15) is 0 Å². The van der Waals surface area contributed by atoms with E-state index in [9.17, 15) is 4.79 Å². The van der Waals surface area contributed by atoms with Gasteiger partial charge in [0.25, 0.3) is 0 Å². The first-order valence-electron chi connectivity index (χ1n) is 5.70. The standard InChI is InChI=1S/C11H20N2O2/c1-10(4-5-12-6-10)9(15)13-7-11(8-14)2-3-11/h12,14H,2-8H2,1H3,(H,13,15). The van der Waals surface area contributed by atoms with Gasteiger partial charge in [-0.15, -0.1) is 0 Å². The molecule has 2 rings (SSSR count). The van der Waals surface area contributed by atoms with Gasteiger partial charge in [0.15, 0.2) is 0 Å². The Balaban J connectivity index is 1.82. The summed E-state index contributed by atoms with van der Waals surface area (Å²) in [6.07, 6.45) is 2.99. The lowest BCUT2D eigenvalue weighted by Gasteiger charge is -2.23. The van der Waals surface area contributed by atoms with Crippen molar-refractivity contribution >= 4 is 5.91 Å². The second kappa shape index (κ2) is 3.76. The molecule has 86 valence electrons. The van der Waals surface area contributed by atoms with Gasteiger partial charge in [-0.25, -0.2) is 0 Å². The maximum absolute atomic E-state index is 11.9. The Labute approximate surface area is 90.4 Å². The zero-order valence-electron chi connectivity index (χ0n) is 9.31. The molecule has 1 atom stereocenters. The minimum atomic E-state index is -0.245.